The van der Waals surface area contributed by atoms with Crippen LogP contribution in [-0.2, 0) is 0 Å². The summed E-state index contributed by atoms with van der Waals surface area (Å²) in [6.07, 6.45) is 6.32. The second-order valence-corrected chi connectivity index (χ2v) is 8.13. The molecule has 1 N–H and O–H groups in total. The van der Waals surface area contributed by atoms with Crippen LogP contribution in [0.4, 0.5) is 0 Å². The largest absolute Gasteiger partial charge is 0.317 e. The van der Waals surface area contributed by atoms with Gasteiger partial charge in [0.1, 0.15) is 5.71 Å². The van der Waals surface area contributed by atoms with Gasteiger partial charge in [-0.15, -0.1) is 11.3 Å². The molecule has 1 unspecified atom stereocenters. The molecule has 3 aliphatic rings. The Labute approximate surface area is 151 Å². The Hall–Kier alpha value is -2.11. The smallest absolute Gasteiger partial charge is 0.151 e. The van der Waals surface area contributed by atoms with E-state index in [1.807, 2.05) is 6.21 Å². The van der Waals surface area contributed by atoms with Gasteiger partial charge in [0.15, 0.2) is 5.66 Å². The number of rotatable bonds is 2. The lowest BCUT2D eigenvalue weighted by Crippen LogP contribution is -2.42. The SMILES string of the molecule is CC1(C2CCNCC2)N=CC2=NC(c3cc4ccccc4s3)=CC2=N1. The van der Waals surface area contributed by atoms with Gasteiger partial charge >= 0.3 is 0 Å². The van der Waals surface area contributed by atoms with Crippen LogP contribution in [0.1, 0.15) is 24.6 Å². The first-order chi connectivity index (χ1) is 12.2. The van der Waals surface area contributed by atoms with Gasteiger partial charge in [0.2, 0.25) is 0 Å². The van der Waals surface area contributed by atoms with Gasteiger partial charge in [-0.3, -0.25) is 9.98 Å². The number of hydrogen-bond acceptors (Lipinski definition) is 5. The van der Waals surface area contributed by atoms with Crippen LogP contribution >= 0.6 is 11.3 Å². The zero-order chi connectivity index (χ0) is 16.9. The molecule has 1 aromatic heterocycles. The Bertz CT molecular complexity index is 926. The van der Waals surface area contributed by atoms with Gasteiger partial charge in [0, 0.05) is 10.6 Å². The molecule has 0 spiro atoms. The maximum atomic E-state index is 5.02. The summed E-state index contributed by atoms with van der Waals surface area (Å²) in [6.45, 7) is 4.28. The van der Waals surface area contributed by atoms with Gasteiger partial charge in [-0.2, -0.15) is 0 Å². The van der Waals surface area contributed by atoms with Crippen molar-refractivity contribution in [2.45, 2.75) is 25.4 Å². The van der Waals surface area contributed by atoms with E-state index in [1.54, 1.807) is 11.3 Å². The van der Waals surface area contributed by atoms with Crippen LogP contribution in [0.15, 0.2) is 51.4 Å². The summed E-state index contributed by atoms with van der Waals surface area (Å²) in [4.78, 5) is 15.8. The molecule has 1 aromatic carbocycles. The van der Waals surface area contributed by atoms with E-state index in [4.69, 9.17) is 15.0 Å². The van der Waals surface area contributed by atoms with Crippen molar-refractivity contribution < 1.29 is 0 Å². The summed E-state index contributed by atoms with van der Waals surface area (Å²) < 4.78 is 1.30. The standard InChI is InChI=1S/C20H20N4S/c1-20(14-6-8-21-9-7-14)22-12-17-15(24-20)11-16(23-17)19-10-13-4-2-3-5-18(13)25-19/h2-5,10-12,14,21H,6-9H2,1H3. The summed E-state index contributed by atoms with van der Waals surface area (Å²) in [5.41, 5.74) is 2.56. The summed E-state index contributed by atoms with van der Waals surface area (Å²) in [7, 11) is 0. The van der Waals surface area contributed by atoms with Crippen molar-refractivity contribution in [3.63, 3.8) is 0 Å². The second kappa shape index (κ2) is 5.71. The Morgan fingerprint density at radius 2 is 2.00 bits per heavy atom. The lowest BCUT2D eigenvalue weighted by atomic mass is 9.85. The first kappa shape index (κ1) is 15.2. The zero-order valence-corrected chi connectivity index (χ0v) is 15.0. The Morgan fingerprint density at radius 1 is 1.16 bits per heavy atom. The molecule has 25 heavy (non-hydrogen) atoms. The van der Waals surface area contributed by atoms with E-state index >= 15 is 0 Å². The molecular formula is C20H20N4S. The van der Waals surface area contributed by atoms with Crippen LogP contribution in [0.2, 0.25) is 0 Å². The molecule has 5 rings (SSSR count). The van der Waals surface area contributed by atoms with Crippen molar-refractivity contribution in [1.82, 2.24) is 5.32 Å². The molecule has 1 fully saturated rings. The highest BCUT2D eigenvalue weighted by Gasteiger charge is 2.37. The van der Waals surface area contributed by atoms with E-state index in [0.29, 0.717) is 5.92 Å². The van der Waals surface area contributed by atoms with Gasteiger partial charge in [0.25, 0.3) is 0 Å². The van der Waals surface area contributed by atoms with Gasteiger partial charge in [-0.05, 0) is 56.4 Å². The van der Waals surface area contributed by atoms with E-state index in [2.05, 4.69) is 48.6 Å². The minimum Gasteiger partial charge on any atom is -0.317 e. The Morgan fingerprint density at radius 3 is 2.84 bits per heavy atom. The third-order valence-corrected chi connectivity index (χ3v) is 6.50. The fraction of sp³-hybridized carbons (Fsp3) is 0.350. The summed E-state index contributed by atoms with van der Waals surface area (Å²) >= 11 is 1.78. The molecule has 0 saturated carbocycles. The minimum absolute atomic E-state index is 0.345. The molecule has 3 aliphatic heterocycles. The number of thiophene rings is 1. The fourth-order valence-electron chi connectivity index (χ4n) is 3.87. The summed E-state index contributed by atoms with van der Waals surface area (Å²) in [6, 6.07) is 10.7. The number of nitrogens with zero attached hydrogens (tertiary/aromatic N) is 3. The van der Waals surface area contributed by atoms with Crippen LogP contribution in [0.3, 0.4) is 0 Å². The minimum atomic E-state index is -0.345. The van der Waals surface area contributed by atoms with Crippen molar-refractivity contribution >= 4 is 44.8 Å². The van der Waals surface area contributed by atoms with Crippen LogP contribution in [0, 0.1) is 5.92 Å². The third kappa shape index (κ3) is 2.58. The molecule has 4 heterocycles. The molecule has 0 bridgehead atoms. The highest BCUT2D eigenvalue weighted by atomic mass is 32.1. The number of benzene rings is 1. The van der Waals surface area contributed by atoms with Crippen LogP contribution < -0.4 is 5.32 Å². The van der Waals surface area contributed by atoms with Crippen molar-refractivity contribution in [2.24, 2.45) is 20.9 Å². The normalized spacial score (nSPS) is 26.4. The molecule has 4 nitrogen and oxygen atoms in total. The van der Waals surface area contributed by atoms with Gasteiger partial charge in [0.05, 0.1) is 22.5 Å². The highest BCUT2D eigenvalue weighted by molar-refractivity contribution is 7.20. The van der Waals surface area contributed by atoms with E-state index in [1.165, 1.54) is 15.0 Å². The molecule has 2 aromatic rings. The zero-order valence-electron chi connectivity index (χ0n) is 14.2. The number of hydrogen-bond donors (Lipinski definition) is 1. The molecule has 5 heteroatoms. The monoisotopic (exact) mass is 348 g/mol. The number of aliphatic imine (C=N–C) groups is 3. The lowest BCUT2D eigenvalue weighted by molar-refractivity contribution is 0.244. The van der Waals surface area contributed by atoms with Crippen molar-refractivity contribution in [3.8, 4) is 0 Å². The van der Waals surface area contributed by atoms with Gasteiger partial charge in [-0.1, -0.05) is 18.2 Å². The van der Waals surface area contributed by atoms with E-state index < -0.39 is 0 Å². The van der Waals surface area contributed by atoms with E-state index in [-0.39, 0.29) is 5.66 Å². The average Bonchev–Trinajstić information content (AvgIpc) is 3.25. The third-order valence-electron chi connectivity index (χ3n) is 5.36. The maximum absolute atomic E-state index is 5.02. The lowest BCUT2D eigenvalue weighted by Gasteiger charge is -2.35. The molecule has 126 valence electrons. The number of piperidine rings is 1. The van der Waals surface area contributed by atoms with Crippen molar-refractivity contribution in [2.75, 3.05) is 13.1 Å². The van der Waals surface area contributed by atoms with Crippen molar-refractivity contribution in [1.29, 1.82) is 0 Å². The second-order valence-electron chi connectivity index (χ2n) is 7.05. The number of fused-ring (bicyclic) bond motifs is 2. The first-order valence-electron chi connectivity index (χ1n) is 8.87. The van der Waals surface area contributed by atoms with Crippen LogP contribution in [-0.4, -0.2) is 36.4 Å². The Balaban J connectivity index is 1.50. The summed E-state index contributed by atoms with van der Waals surface area (Å²) in [5, 5.41) is 4.70. The molecule has 0 radical (unpaired) electrons. The fourth-order valence-corrected chi connectivity index (χ4v) is 4.90. The van der Waals surface area contributed by atoms with E-state index in [9.17, 15) is 0 Å². The van der Waals surface area contributed by atoms with Crippen molar-refractivity contribution in [3.05, 3.63) is 41.3 Å². The topological polar surface area (TPSA) is 49.1 Å². The Kier molecular flexibility index (Phi) is 3.47. The molecule has 0 amide bonds. The number of allylic oxidation sites excluding steroid dienone is 1. The average molecular weight is 348 g/mol. The maximum Gasteiger partial charge on any atom is 0.151 e. The quantitative estimate of drug-likeness (QED) is 0.878. The molecular weight excluding hydrogens is 328 g/mol. The molecule has 1 atom stereocenters. The predicted octanol–water partition coefficient (Wildman–Crippen LogP) is 3.94. The number of nitrogens with one attached hydrogen (secondary N) is 1. The van der Waals surface area contributed by atoms with Gasteiger partial charge < -0.3 is 5.32 Å². The summed E-state index contributed by atoms with van der Waals surface area (Å²) in [5.74, 6) is 0.501. The van der Waals surface area contributed by atoms with E-state index in [0.717, 1.165) is 43.1 Å². The molecule has 1 saturated heterocycles. The van der Waals surface area contributed by atoms with Crippen LogP contribution in [0.5, 0.6) is 0 Å². The first-order valence-corrected chi connectivity index (χ1v) is 9.68. The van der Waals surface area contributed by atoms with Crippen LogP contribution in [0.25, 0.3) is 15.8 Å². The predicted molar refractivity (Wildman–Crippen MR) is 107 cm³/mol. The van der Waals surface area contributed by atoms with Gasteiger partial charge in [-0.25, -0.2) is 4.99 Å². The highest BCUT2D eigenvalue weighted by Crippen LogP contribution is 2.36. The molecule has 0 aliphatic carbocycles.